The first-order valence-corrected chi connectivity index (χ1v) is 8.78. The molecule has 2 nitrogen and oxygen atoms in total. The van der Waals surface area contributed by atoms with Crippen molar-refractivity contribution in [3.05, 3.63) is 71.8 Å². The Morgan fingerprint density at radius 1 is 0.864 bits per heavy atom. The Morgan fingerprint density at radius 3 is 2.09 bits per heavy atom. The second kappa shape index (κ2) is 7.82. The van der Waals surface area contributed by atoms with E-state index in [0.717, 1.165) is 12.2 Å². The fraction of sp³-hybridized carbons (Fsp3) is 0.368. The van der Waals surface area contributed by atoms with Crippen LogP contribution in [0.25, 0.3) is 0 Å². The molecule has 1 atom stereocenters. The number of hydrogen-bond acceptors (Lipinski definition) is 3. The van der Waals surface area contributed by atoms with Crippen LogP contribution in [0, 0.1) is 0 Å². The highest BCUT2D eigenvalue weighted by molar-refractivity contribution is 8.00. The molecule has 0 bridgehead atoms. The zero-order valence-electron chi connectivity index (χ0n) is 12.7. The van der Waals surface area contributed by atoms with Gasteiger partial charge in [0.05, 0.1) is 19.8 Å². The lowest BCUT2D eigenvalue weighted by Gasteiger charge is -2.28. The third-order valence-electron chi connectivity index (χ3n) is 3.85. The smallest absolute Gasteiger partial charge is 0.137 e. The summed E-state index contributed by atoms with van der Waals surface area (Å²) in [5.41, 5.74) is 2.43. The highest BCUT2D eigenvalue weighted by Gasteiger charge is 2.36. The van der Waals surface area contributed by atoms with Gasteiger partial charge in [-0.1, -0.05) is 60.7 Å². The quantitative estimate of drug-likeness (QED) is 0.741. The molecule has 1 aliphatic rings. The van der Waals surface area contributed by atoms with Crippen LogP contribution in [0.4, 0.5) is 0 Å². The van der Waals surface area contributed by atoms with Crippen LogP contribution in [-0.2, 0) is 22.7 Å². The Morgan fingerprint density at radius 2 is 1.50 bits per heavy atom. The topological polar surface area (TPSA) is 18.5 Å². The van der Waals surface area contributed by atoms with Gasteiger partial charge in [-0.15, -0.1) is 11.8 Å². The predicted octanol–water partition coefficient (Wildman–Crippen LogP) is 4.64. The fourth-order valence-electron chi connectivity index (χ4n) is 2.63. The molecule has 1 heterocycles. The molecule has 2 aromatic rings. The molecule has 1 fully saturated rings. The van der Waals surface area contributed by atoms with Gasteiger partial charge in [0.15, 0.2) is 0 Å². The lowest BCUT2D eigenvalue weighted by Crippen LogP contribution is -2.31. The summed E-state index contributed by atoms with van der Waals surface area (Å²) in [5.74, 6) is 1.16. The highest BCUT2D eigenvalue weighted by atomic mass is 32.2. The van der Waals surface area contributed by atoms with Crippen LogP contribution in [0.15, 0.2) is 60.7 Å². The van der Waals surface area contributed by atoms with Gasteiger partial charge in [0.2, 0.25) is 0 Å². The largest absolute Gasteiger partial charge is 0.373 e. The van der Waals surface area contributed by atoms with E-state index in [2.05, 4.69) is 36.4 Å². The van der Waals surface area contributed by atoms with Crippen molar-refractivity contribution in [2.75, 3.05) is 12.4 Å². The van der Waals surface area contributed by atoms with E-state index in [1.807, 2.05) is 36.0 Å². The molecule has 1 unspecified atom stereocenters. The second-order valence-corrected chi connectivity index (χ2v) is 7.06. The zero-order chi connectivity index (χ0) is 15.1. The number of thioether (sulfide) groups is 1. The maximum Gasteiger partial charge on any atom is 0.137 e. The number of rotatable bonds is 7. The van der Waals surface area contributed by atoms with Crippen LogP contribution in [0.3, 0.4) is 0 Å². The van der Waals surface area contributed by atoms with E-state index in [9.17, 15) is 0 Å². The SMILES string of the molecule is c1ccc(COCC2(OCc3ccccc3)CCCS2)cc1. The van der Waals surface area contributed by atoms with Crippen molar-refractivity contribution in [1.82, 2.24) is 0 Å². The summed E-state index contributed by atoms with van der Waals surface area (Å²) in [6.07, 6.45) is 2.27. The summed E-state index contributed by atoms with van der Waals surface area (Å²) >= 11 is 1.90. The van der Waals surface area contributed by atoms with E-state index in [1.54, 1.807) is 0 Å². The van der Waals surface area contributed by atoms with Gasteiger partial charge in [0, 0.05) is 0 Å². The Labute approximate surface area is 136 Å². The standard InChI is InChI=1S/C19H22O2S/c1-3-8-17(9-4-1)14-20-16-19(12-7-13-22-19)21-15-18-10-5-2-6-11-18/h1-6,8-11H,7,12-16H2. The summed E-state index contributed by atoms with van der Waals surface area (Å²) in [6.45, 7) is 1.96. The lowest BCUT2D eigenvalue weighted by atomic mass is 10.2. The van der Waals surface area contributed by atoms with Gasteiger partial charge in [-0.2, -0.15) is 0 Å². The average molecular weight is 314 g/mol. The first-order chi connectivity index (χ1) is 10.9. The minimum Gasteiger partial charge on any atom is -0.373 e. The minimum absolute atomic E-state index is 0.176. The maximum atomic E-state index is 6.25. The first kappa shape index (κ1) is 15.6. The fourth-order valence-corrected chi connectivity index (χ4v) is 3.89. The molecular formula is C19H22O2S. The van der Waals surface area contributed by atoms with Crippen LogP contribution in [-0.4, -0.2) is 17.3 Å². The van der Waals surface area contributed by atoms with Crippen molar-refractivity contribution in [2.45, 2.75) is 31.0 Å². The summed E-state index contributed by atoms with van der Waals surface area (Å²) in [7, 11) is 0. The average Bonchev–Trinajstić information content (AvgIpc) is 3.04. The maximum absolute atomic E-state index is 6.25. The molecule has 1 saturated heterocycles. The van der Waals surface area contributed by atoms with Crippen molar-refractivity contribution in [3.63, 3.8) is 0 Å². The summed E-state index contributed by atoms with van der Waals surface area (Å²) < 4.78 is 12.2. The molecule has 0 spiro atoms. The summed E-state index contributed by atoms with van der Waals surface area (Å²) in [6, 6.07) is 20.7. The molecule has 0 aromatic heterocycles. The van der Waals surface area contributed by atoms with Crippen LogP contribution >= 0.6 is 11.8 Å². The molecule has 0 radical (unpaired) electrons. The molecule has 116 valence electrons. The van der Waals surface area contributed by atoms with Gasteiger partial charge in [0.25, 0.3) is 0 Å². The summed E-state index contributed by atoms with van der Waals surface area (Å²) in [5, 5.41) is 0. The number of ether oxygens (including phenoxy) is 2. The van der Waals surface area contributed by atoms with Crippen LogP contribution in [0.5, 0.6) is 0 Å². The van der Waals surface area contributed by atoms with E-state index in [0.29, 0.717) is 19.8 Å². The first-order valence-electron chi connectivity index (χ1n) is 7.80. The molecule has 0 amide bonds. The van der Waals surface area contributed by atoms with Crippen LogP contribution < -0.4 is 0 Å². The van der Waals surface area contributed by atoms with Crippen molar-refractivity contribution in [2.24, 2.45) is 0 Å². The van der Waals surface area contributed by atoms with Gasteiger partial charge in [-0.3, -0.25) is 0 Å². The summed E-state index contributed by atoms with van der Waals surface area (Å²) in [4.78, 5) is -0.176. The highest BCUT2D eigenvalue weighted by Crippen LogP contribution is 2.40. The molecule has 2 aromatic carbocycles. The monoisotopic (exact) mass is 314 g/mol. The van der Waals surface area contributed by atoms with Crippen molar-refractivity contribution in [3.8, 4) is 0 Å². The molecule has 22 heavy (non-hydrogen) atoms. The number of benzene rings is 2. The van der Waals surface area contributed by atoms with E-state index in [4.69, 9.17) is 9.47 Å². The van der Waals surface area contributed by atoms with Gasteiger partial charge in [-0.05, 0) is 29.7 Å². The normalized spacial score (nSPS) is 21.1. The van der Waals surface area contributed by atoms with Crippen molar-refractivity contribution in [1.29, 1.82) is 0 Å². The van der Waals surface area contributed by atoms with Crippen LogP contribution in [0.1, 0.15) is 24.0 Å². The Kier molecular flexibility index (Phi) is 5.54. The molecule has 0 aliphatic carbocycles. The minimum atomic E-state index is -0.176. The van der Waals surface area contributed by atoms with Crippen LogP contribution in [0.2, 0.25) is 0 Å². The van der Waals surface area contributed by atoms with Crippen molar-refractivity contribution < 1.29 is 9.47 Å². The third-order valence-corrected chi connectivity index (χ3v) is 5.30. The molecule has 0 saturated carbocycles. The Bertz CT molecular complexity index is 550. The van der Waals surface area contributed by atoms with Gasteiger partial charge < -0.3 is 9.47 Å². The molecule has 3 heteroatoms. The third kappa shape index (κ3) is 4.35. The van der Waals surface area contributed by atoms with Crippen molar-refractivity contribution >= 4 is 11.8 Å². The Hall–Kier alpha value is -1.29. The van der Waals surface area contributed by atoms with E-state index >= 15 is 0 Å². The van der Waals surface area contributed by atoms with Gasteiger partial charge >= 0.3 is 0 Å². The lowest BCUT2D eigenvalue weighted by molar-refractivity contribution is -0.0525. The van der Waals surface area contributed by atoms with E-state index in [-0.39, 0.29) is 4.93 Å². The molecule has 1 aliphatic heterocycles. The molecule has 0 N–H and O–H groups in total. The van der Waals surface area contributed by atoms with E-state index in [1.165, 1.54) is 17.5 Å². The Balaban J connectivity index is 1.52. The van der Waals surface area contributed by atoms with Gasteiger partial charge in [-0.25, -0.2) is 0 Å². The predicted molar refractivity (Wildman–Crippen MR) is 91.8 cm³/mol. The molecule has 3 rings (SSSR count). The zero-order valence-corrected chi connectivity index (χ0v) is 13.6. The second-order valence-electron chi connectivity index (χ2n) is 5.62. The number of hydrogen-bond donors (Lipinski definition) is 0. The molecular weight excluding hydrogens is 292 g/mol. The van der Waals surface area contributed by atoms with Gasteiger partial charge in [0.1, 0.15) is 4.93 Å². The van der Waals surface area contributed by atoms with E-state index < -0.39 is 0 Å².